The van der Waals surface area contributed by atoms with Gasteiger partial charge in [-0.15, -0.1) is 8.78 Å². The number of amides is 1. The van der Waals surface area contributed by atoms with Crippen LogP contribution in [0.4, 0.5) is 14.6 Å². The van der Waals surface area contributed by atoms with E-state index in [9.17, 15) is 13.6 Å². The summed E-state index contributed by atoms with van der Waals surface area (Å²) in [5.41, 5.74) is 2.07. The number of benzene rings is 1. The molecule has 0 bridgehead atoms. The molecule has 0 saturated heterocycles. The molecular formula is C19H18F2N4O4. The lowest BCUT2D eigenvalue weighted by molar-refractivity contribution is -0.286. The molecule has 0 radical (unpaired) electrons. The number of carbonyl (C=O) groups is 1. The maximum Gasteiger partial charge on any atom is 0.586 e. The van der Waals surface area contributed by atoms with Gasteiger partial charge in [-0.1, -0.05) is 13.8 Å². The monoisotopic (exact) mass is 404 g/mol. The summed E-state index contributed by atoms with van der Waals surface area (Å²) < 4.78 is 40.3. The molecule has 2 aromatic heterocycles. The van der Waals surface area contributed by atoms with E-state index in [0.29, 0.717) is 22.5 Å². The lowest BCUT2D eigenvalue weighted by Gasteiger charge is -2.07. The molecule has 10 heteroatoms. The second kappa shape index (κ2) is 7.82. The predicted octanol–water partition coefficient (Wildman–Crippen LogP) is 4.35. The Bertz CT molecular complexity index is 1040. The third-order valence-corrected chi connectivity index (χ3v) is 3.87. The first kappa shape index (κ1) is 20.2. The first-order valence-electron chi connectivity index (χ1n) is 8.77. The van der Waals surface area contributed by atoms with Crippen molar-refractivity contribution in [1.29, 1.82) is 0 Å². The minimum atomic E-state index is -3.69. The fraction of sp³-hybridized carbons (Fsp3) is 0.263. The molecule has 0 saturated carbocycles. The molecule has 3 aromatic rings. The number of halogens is 2. The third-order valence-electron chi connectivity index (χ3n) is 3.87. The summed E-state index contributed by atoms with van der Waals surface area (Å²) in [6.07, 6.45) is 0.236. The van der Waals surface area contributed by atoms with Gasteiger partial charge in [0.2, 0.25) is 5.76 Å². The minimum absolute atomic E-state index is 0.0412. The van der Waals surface area contributed by atoms with Crippen LogP contribution in [0.5, 0.6) is 11.5 Å². The number of alkyl halides is 2. The van der Waals surface area contributed by atoms with E-state index in [0.717, 1.165) is 0 Å². The van der Waals surface area contributed by atoms with Crippen LogP contribution in [-0.2, 0) is 0 Å². The van der Waals surface area contributed by atoms with Gasteiger partial charge in [-0.3, -0.25) is 9.78 Å². The van der Waals surface area contributed by atoms with E-state index in [2.05, 4.69) is 29.7 Å². The highest BCUT2D eigenvalue weighted by Gasteiger charge is 2.43. The Labute approximate surface area is 164 Å². The molecule has 0 spiro atoms. The molecule has 1 amide bonds. The number of carbonyl (C=O) groups excluding carboxylic acids is 1. The van der Waals surface area contributed by atoms with E-state index in [1.165, 1.54) is 30.9 Å². The molecule has 0 unspecified atom stereocenters. The van der Waals surface area contributed by atoms with Crippen LogP contribution in [0.2, 0.25) is 0 Å². The SMILES string of the molecule is CC.Cc1cc2c(cc1-c1cnc(NC(=O)c3ocnc3C)cn1)OC(F)(F)O2. The normalized spacial score (nSPS) is 13.4. The summed E-state index contributed by atoms with van der Waals surface area (Å²) in [4.78, 5) is 24.3. The largest absolute Gasteiger partial charge is 0.586 e. The highest BCUT2D eigenvalue weighted by molar-refractivity contribution is 6.02. The van der Waals surface area contributed by atoms with Gasteiger partial charge < -0.3 is 19.2 Å². The Morgan fingerprint density at radius 1 is 1.03 bits per heavy atom. The van der Waals surface area contributed by atoms with Crippen molar-refractivity contribution < 1.29 is 27.5 Å². The quantitative estimate of drug-likeness (QED) is 0.693. The zero-order valence-corrected chi connectivity index (χ0v) is 16.1. The van der Waals surface area contributed by atoms with Crippen molar-refractivity contribution in [3.05, 3.63) is 47.9 Å². The third kappa shape index (κ3) is 4.15. The van der Waals surface area contributed by atoms with Gasteiger partial charge in [0.1, 0.15) is 0 Å². The van der Waals surface area contributed by atoms with Crippen molar-refractivity contribution in [2.45, 2.75) is 34.0 Å². The van der Waals surface area contributed by atoms with Gasteiger partial charge in [0.25, 0.3) is 5.91 Å². The van der Waals surface area contributed by atoms with E-state index in [4.69, 9.17) is 4.42 Å². The van der Waals surface area contributed by atoms with Crippen molar-refractivity contribution in [3.8, 4) is 22.8 Å². The molecule has 1 aliphatic heterocycles. The Morgan fingerprint density at radius 3 is 2.31 bits per heavy atom. The molecule has 0 aliphatic carbocycles. The molecule has 0 fully saturated rings. The fourth-order valence-electron chi connectivity index (χ4n) is 2.60. The van der Waals surface area contributed by atoms with Gasteiger partial charge in [-0.2, -0.15) is 0 Å². The Morgan fingerprint density at radius 2 is 1.72 bits per heavy atom. The lowest BCUT2D eigenvalue weighted by atomic mass is 10.1. The van der Waals surface area contributed by atoms with Crippen LogP contribution >= 0.6 is 0 Å². The highest BCUT2D eigenvalue weighted by Crippen LogP contribution is 2.44. The second-order valence-electron chi connectivity index (χ2n) is 5.79. The highest BCUT2D eigenvalue weighted by atomic mass is 19.3. The molecule has 3 heterocycles. The maximum absolute atomic E-state index is 13.2. The number of anilines is 1. The van der Waals surface area contributed by atoms with Gasteiger partial charge in [0.05, 0.1) is 23.8 Å². The van der Waals surface area contributed by atoms with Crippen LogP contribution in [0.3, 0.4) is 0 Å². The molecular weight excluding hydrogens is 386 g/mol. The Kier molecular flexibility index (Phi) is 5.44. The van der Waals surface area contributed by atoms with Crippen molar-refractivity contribution in [3.63, 3.8) is 0 Å². The van der Waals surface area contributed by atoms with Gasteiger partial charge in [0.15, 0.2) is 23.7 Å². The van der Waals surface area contributed by atoms with Crippen LogP contribution in [0.25, 0.3) is 11.3 Å². The van der Waals surface area contributed by atoms with Crippen LogP contribution < -0.4 is 14.8 Å². The summed E-state index contributed by atoms with van der Waals surface area (Å²) in [6.45, 7) is 7.36. The molecule has 1 aromatic carbocycles. The summed E-state index contributed by atoms with van der Waals surface area (Å²) in [7, 11) is 0. The first-order valence-corrected chi connectivity index (χ1v) is 8.77. The van der Waals surface area contributed by atoms with Crippen molar-refractivity contribution in [1.82, 2.24) is 15.0 Å². The summed E-state index contributed by atoms with van der Waals surface area (Å²) >= 11 is 0. The molecule has 1 aliphatic rings. The molecule has 8 nitrogen and oxygen atoms in total. The van der Waals surface area contributed by atoms with Crippen molar-refractivity contribution in [2.24, 2.45) is 0 Å². The number of fused-ring (bicyclic) bond motifs is 1. The van der Waals surface area contributed by atoms with Gasteiger partial charge >= 0.3 is 6.29 Å². The van der Waals surface area contributed by atoms with Crippen LogP contribution in [-0.4, -0.2) is 27.2 Å². The lowest BCUT2D eigenvalue weighted by Crippen LogP contribution is -2.25. The fourth-order valence-corrected chi connectivity index (χ4v) is 2.60. The Hall–Kier alpha value is -3.56. The zero-order chi connectivity index (χ0) is 21.2. The van der Waals surface area contributed by atoms with Crippen molar-refractivity contribution >= 4 is 11.7 Å². The number of ether oxygens (including phenoxy) is 2. The van der Waals surface area contributed by atoms with Gasteiger partial charge in [-0.25, -0.2) is 9.97 Å². The minimum Gasteiger partial charge on any atom is -0.438 e. The van der Waals surface area contributed by atoms with E-state index in [1.54, 1.807) is 13.8 Å². The smallest absolute Gasteiger partial charge is 0.438 e. The van der Waals surface area contributed by atoms with Gasteiger partial charge in [-0.05, 0) is 31.5 Å². The number of nitrogens with zero attached hydrogens (tertiary/aromatic N) is 3. The predicted molar refractivity (Wildman–Crippen MR) is 98.9 cm³/mol. The van der Waals surface area contributed by atoms with Crippen LogP contribution in [0.1, 0.15) is 35.7 Å². The molecule has 152 valence electrons. The summed E-state index contributed by atoms with van der Waals surface area (Å²) in [5.74, 6) is -0.354. The average Bonchev–Trinajstić information content (AvgIpc) is 3.24. The number of nitrogens with one attached hydrogen (secondary N) is 1. The molecule has 0 atom stereocenters. The number of aryl methyl sites for hydroxylation is 2. The summed E-state index contributed by atoms with van der Waals surface area (Å²) in [6, 6.07) is 2.85. The second-order valence-corrected chi connectivity index (χ2v) is 5.79. The van der Waals surface area contributed by atoms with E-state index < -0.39 is 12.2 Å². The number of oxazole rings is 1. The number of aromatic nitrogens is 3. The number of hydrogen-bond acceptors (Lipinski definition) is 7. The number of hydrogen-bond donors (Lipinski definition) is 1. The van der Waals surface area contributed by atoms with Crippen molar-refractivity contribution in [2.75, 3.05) is 5.32 Å². The van der Waals surface area contributed by atoms with E-state index in [1.807, 2.05) is 13.8 Å². The summed E-state index contributed by atoms with van der Waals surface area (Å²) in [5, 5.41) is 2.54. The Balaban J connectivity index is 0.00000117. The standard InChI is InChI=1S/C17H12F2N4O4.C2H6/c1-8-3-12-13(27-17(18,19)26-12)4-10(8)11-5-21-14(6-20-11)23-16(24)15-9(2)22-7-25-15;1-2/h3-7H,1-2H3,(H,21,23,24);1-2H3. The van der Waals surface area contributed by atoms with Crippen LogP contribution in [0, 0.1) is 13.8 Å². The molecule has 1 N–H and O–H groups in total. The first-order chi connectivity index (χ1) is 13.8. The average molecular weight is 404 g/mol. The maximum atomic E-state index is 13.2. The molecule has 29 heavy (non-hydrogen) atoms. The van der Waals surface area contributed by atoms with Gasteiger partial charge in [0, 0.05) is 5.56 Å². The zero-order valence-electron chi connectivity index (χ0n) is 16.1. The van der Waals surface area contributed by atoms with Crippen LogP contribution in [0.15, 0.2) is 35.3 Å². The van der Waals surface area contributed by atoms with E-state index in [-0.39, 0.29) is 23.1 Å². The topological polar surface area (TPSA) is 99.4 Å². The van der Waals surface area contributed by atoms with E-state index >= 15 is 0 Å². The molecule has 4 rings (SSSR count). The number of rotatable bonds is 3.